The van der Waals surface area contributed by atoms with E-state index < -0.39 is 11.6 Å². The number of aromatic nitrogens is 1. The zero-order valence-corrected chi connectivity index (χ0v) is 18.5. The first-order chi connectivity index (χ1) is 12.9. The molecule has 0 fully saturated rings. The van der Waals surface area contributed by atoms with Gasteiger partial charge in [0, 0.05) is 17.1 Å². The van der Waals surface area contributed by atoms with E-state index in [0.29, 0.717) is 26.4 Å². The number of carbonyl (C=O) groups excluding carboxylic acids is 1. The highest BCUT2D eigenvalue weighted by Gasteiger charge is 2.23. The molecule has 150 valence electrons. The van der Waals surface area contributed by atoms with Crippen LogP contribution in [0, 0.1) is 11.6 Å². The zero-order valence-electron chi connectivity index (χ0n) is 15.3. The van der Waals surface area contributed by atoms with Gasteiger partial charge in [0.15, 0.2) is 10.9 Å². The van der Waals surface area contributed by atoms with Crippen molar-refractivity contribution < 1.29 is 13.6 Å². The zero-order chi connectivity index (χ0) is 19.6. The maximum Gasteiger partial charge on any atom is 0.261 e. The van der Waals surface area contributed by atoms with Crippen molar-refractivity contribution in [3.8, 4) is 0 Å². The number of nitrogens with zero attached hydrogens (tertiary/aromatic N) is 3. The first-order valence-corrected chi connectivity index (χ1v) is 9.94. The SMILES string of the molecule is CN(C)CCCN(C(=O)c1ccccc1Br)c1nc2c(F)cc(F)cc2s1.Cl. The molecular weight excluding hydrogens is 472 g/mol. The minimum Gasteiger partial charge on any atom is -0.309 e. The van der Waals surface area contributed by atoms with Gasteiger partial charge in [0.1, 0.15) is 11.3 Å². The highest BCUT2D eigenvalue weighted by atomic mass is 79.9. The molecular formula is C19H19BrClF2N3OS. The van der Waals surface area contributed by atoms with Gasteiger partial charge in [-0.1, -0.05) is 23.5 Å². The molecule has 0 unspecified atom stereocenters. The lowest BCUT2D eigenvalue weighted by molar-refractivity contribution is 0.0985. The Morgan fingerprint density at radius 2 is 1.89 bits per heavy atom. The van der Waals surface area contributed by atoms with Gasteiger partial charge in [0.2, 0.25) is 0 Å². The van der Waals surface area contributed by atoms with Crippen LogP contribution in [-0.4, -0.2) is 43.0 Å². The Morgan fingerprint density at radius 3 is 2.57 bits per heavy atom. The number of hydrogen-bond acceptors (Lipinski definition) is 4. The van der Waals surface area contributed by atoms with Crippen LogP contribution in [0.25, 0.3) is 10.2 Å². The van der Waals surface area contributed by atoms with Crippen molar-refractivity contribution in [2.24, 2.45) is 0 Å². The van der Waals surface area contributed by atoms with Gasteiger partial charge in [-0.05, 0) is 61.2 Å². The summed E-state index contributed by atoms with van der Waals surface area (Å²) in [5.41, 5.74) is 0.571. The summed E-state index contributed by atoms with van der Waals surface area (Å²) in [5, 5.41) is 0.356. The Hall–Kier alpha value is -1.61. The monoisotopic (exact) mass is 489 g/mol. The number of anilines is 1. The van der Waals surface area contributed by atoms with Gasteiger partial charge >= 0.3 is 0 Å². The molecule has 0 aliphatic rings. The smallest absolute Gasteiger partial charge is 0.261 e. The number of benzene rings is 2. The number of amides is 1. The van der Waals surface area contributed by atoms with Crippen LogP contribution >= 0.6 is 39.7 Å². The predicted octanol–water partition coefficient (Wildman–Crippen LogP) is 5.36. The minimum atomic E-state index is -0.728. The Balaban J connectivity index is 0.00000280. The number of thiazole rings is 1. The van der Waals surface area contributed by atoms with Crippen molar-refractivity contribution in [3.05, 3.63) is 58.1 Å². The van der Waals surface area contributed by atoms with Crippen molar-refractivity contribution >= 4 is 60.9 Å². The van der Waals surface area contributed by atoms with E-state index in [1.54, 1.807) is 18.2 Å². The second-order valence-corrected chi connectivity index (χ2v) is 8.19. The van der Waals surface area contributed by atoms with Crippen LogP contribution in [0.3, 0.4) is 0 Å². The van der Waals surface area contributed by atoms with Gasteiger partial charge < -0.3 is 4.90 Å². The molecule has 4 nitrogen and oxygen atoms in total. The van der Waals surface area contributed by atoms with E-state index in [0.717, 1.165) is 30.4 Å². The van der Waals surface area contributed by atoms with Gasteiger partial charge in [-0.25, -0.2) is 13.8 Å². The summed E-state index contributed by atoms with van der Waals surface area (Å²) in [4.78, 5) is 21.0. The van der Waals surface area contributed by atoms with Crippen LogP contribution in [-0.2, 0) is 0 Å². The van der Waals surface area contributed by atoms with Crippen molar-refractivity contribution in [3.63, 3.8) is 0 Å². The predicted molar refractivity (Wildman–Crippen MR) is 116 cm³/mol. The third kappa shape index (κ3) is 5.05. The molecule has 0 atom stereocenters. The Kier molecular flexibility index (Phi) is 7.88. The minimum absolute atomic E-state index is 0. The summed E-state index contributed by atoms with van der Waals surface area (Å²) in [5.74, 6) is -1.62. The summed E-state index contributed by atoms with van der Waals surface area (Å²) in [6, 6.07) is 9.16. The van der Waals surface area contributed by atoms with E-state index >= 15 is 0 Å². The maximum absolute atomic E-state index is 14.1. The maximum atomic E-state index is 14.1. The van der Waals surface area contributed by atoms with E-state index in [1.807, 2.05) is 25.1 Å². The summed E-state index contributed by atoms with van der Waals surface area (Å²) in [7, 11) is 3.91. The average Bonchev–Trinajstić information content (AvgIpc) is 3.02. The van der Waals surface area contributed by atoms with E-state index in [9.17, 15) is 13.6 Å². The molecule has 3 aromatic rings. The number of carbonyl (C=O) groups is 1. The number of fused-ring (bicyclic) bond motifs is 1. The topological polar surface area (TPSA) is 36.4 Å². The van der Waals surface area contributed by atoms with Crippen molar-refractivity contribution in [2.75, 3.05) is 32.1 Å². The molecule has 0 saturated carbocycles. The molecule has 1 heterocycles. The molecule has 0 aliphatic heterocycles. The standard InChI is InChI=1S/C19H18BrF2N3OS.ClH/c1-24(2)8-5-9-25(18(26)13-6-3-4-7-14(13)20)19-23-17-15(22)10-12(21)11-16(17)27-19;/h3-4,6-7,10-11H,5,8-9H2,1-2H3;1H. The first-order valence-electron chi connectivity index (χ1n) is 8.33. The third-order valence-corrected chi connectivity index (χ3v) is 5.69. The molecule has 0 saturated heterocycles. The quantitative estimate of drug-likeness (QED) is 0.467. The number of halogens is 4. The summed E-state index contributed by atoms with van der Waals surface area (Å²) >= 11 is 4.51. The Bertz CT molecular complexity index is 983. The molecule has 3 rings (SSSR count). The van der Waals surface area contributed by atoms with Gasteiger partial charge in [0.05, 0.1) is 10.3 Å². The van der Waals surface area contributed by atoms with Crippen LogP contribution in [0.5, 0.6) is 0 Å². The summed E-state index contributed by atoms with van der Waals surface area (Å²) in [6.07, 6.45) is 0.718. The molecule has 1 amide bonds. The van der Waals surface area contributed by atoms with Gasteiger partial charge in [-0.2, -0.15) is 0 Å². The van der Waals surface area contributed by atoms with Gasteiger partial charge in [-0.15, -0.1) is 12.4 Å². The van der Waals surface area contributed by atoms with E-state index in [4.69, 9.17) is 0 Å². The fraction of sp³-hybridized carbons (Fsp3) is 0.263. The fourth-order valence-corrected chi connectivity index (χ4v) is 4.15. The molecule has 9 heteroatoms. The second kappa shape index (κ2) is 9.73. The Labute approximate surface area is 180 Å². The molecule has 0 N–H and O–H groups in total. The van der Waals surface area contributed by atoms with Crippen LogP contribution in [0.4, 0.5) is 13.9 Å². The largest absolute Gasteiger partial charge is 0.309 e. The normalized spacial score (nSPS) is 10.9. The van der Waals surface area contributed by atoms with Crippen molar-refractivity contribution in [1.82, 2.24) is 9.88 Å². The van der Waals surface area contributed by atoms with Gasteiger partial charge in [0.25, 0.3) is 5.91 Å². The lowest BCUT2D eigenvalue weighted by Crippen LogP contribution is -2.33. The van der Waals surface area contributed by atoms with E-state index in [-0.39, 0.29) is 23.8 Å². The summed E-state index contributed by atoms with van der Waals surface area (Å²) < 4.78 is 28.6. The molecule has 2 aromatic carbocycles. The molecule has 0 spiro atoms. The molecule has 0 radical (unpaired) electrons. The number of rotatable bonds is 6. The van der Waals surface area contributed by atoms with Crippen LogP contribution in [0.15, 0.2) is 40.9 Å². The molecule has 1 aromatic heterocycles. The first kappa shape index (κ1) is 22.7. The van der Waals surface area contributed by atoms with Crippen LogP contribution in [0.1, 0.15) is 16.8 Å². The second-order valence-electron chi connectivity index (χ2n) is 6.32. The van der Waals surface area contributed by atoms with Crippen molar-refractivity contribution in [2.45, 2.75) is 6.42 Å². The van der Waals surface area contributed by atoms with Crippen molar-refractivity contribution in [1.29, 1.82) is 0 Å². The third-order valence-electron chi connectivity index (χ3n) is 3.97. The van der Waals surface area contributed by atoms with Gasteiger partial charge in [-0.3, -0.25) is 9.69 Å². The molecule has 0 aliphatic carbocycles. The fourth-order valence-electron chi connectivity index (χ4n) is 2.67. The van der Waals surface area contributed by atoms with Crippen LogP contribution in [0.2, 0.25) is 0 Å². The summed E-state index contributed by atoms with van der Waals surface area (Å²) in [6.45, 7) is 1.20. The lowest BCUT2D eigenvalue weighted by atomic mass is 10.2. The van der Waals surface area contributed by atoms with E-state index in [1.165, 1.54) is 11.0 Å². The average molecular weight is 491 g/mol. The number of hydrogen-bond donors (Lipinski definition) is 0. The lowest BCUT2D eigenvalue weighted by Gasteiger charge is -2.21. The molecule has 28 heavy (non-hydrogen) atoms. The highest BCUT2D eigenvalue weighted by molar-refractivity contribution is 9.10. The Morgan fingerprint density at radius 1 is 1.18 bits per heavy atom. The van der Waals surface area contributed by atoms with E-state index in [2.05, 4.69) is 20.9 Å². The highest BCUT2D eigenvalue weighted by Crippen LogP contribution is 2.32. The molecule has 0 bridgehead atoms. The van der Waals surface area contributed by atoms with Crippen LogP contribution < -0.4 is 4.90 Å².